The number of aliphatic hydroxyl groups is 1. The van der Waals surface area contributed by atoms with E-state index in [0.29, 0.717) is 25.1 Å². The van der Waals surface area contributed by atoms with Crippen molar-refractivity contribution in [3.8, 4) is 0 Å². The molecule has 1 aromatic heterocycles. The lowest BCUT2D eigenvalue weighted by Gasteiger charge is -2.41. The molecule has 132 valence electrons. The molecule has 1 aromatic rings. The second-order valence-electron chi connectivity index (χ2n) is 7.33. The molecular formula is C16H22ClN3O4. The maximum atomic E-state index is 12.5. The van der Waals surface area contributed by atoms with Crippen LogP contribution in [0.3, 0.4) is 0 Å². The molecule has 2 N–H and O–H groups in total. The van der Waals surface area contributed by atoms with Gasteiger partial charge in [-0.15, -0.1) is 0 Å². The number of likely N-dealkylation sites (tertiary alicyclic amines) is 1. The second-order valence-corrected chi connectivity index (χ2v) is 7.74. The van der Waals surface area contributed by atoms with Crippen LogP contribution in [0.15, 0.2) is 16.9 Å². The largest absolute Gasteiger partial charge is 0.444 e. The molecule has 2 unspecified atom stereocenters. The van der Waals surface area contributed by atoms with Crippen LogP contribution in [0.4, 0.5) is 4.79 Å². The lowest BCUT2D eigenvalue weighted by molar-refractivity contribution is -0.00484. The van der Waals surface area contributed by atoms with E-state index in [4.69, 9.17) is 16.3 Å². The molecular weight excluding hydrogens is 334 g/mol. The molecule has 3 rings (SSSR count). The summed E-state index contributed by atoms with van der Waals surface area (Å²) in [5.74, 6) is 0. The number of piperidine rings is 1. The molecule has 0 bridgehead atoms. The van der Waals surface area contributed by atoms with Gasteiger partial charge in [0.1, 0.15) is 22.5 Å². The Hall–Kier alpha value is -1.57. The second kappa shape index (κ2) is 5.75. The SMILES string of the molecule is CC(C)(C)OC(=O)N1CCCC2(C1)NC(O)c1ccc(Cl)c(=O)n12. The van der Waals surface area contributed by atoms with E-state index in [2.05, 4.69) is 5.32 Å². The summed E-state index contributed by atoms with van der Waals surface area (Å²) in [7, 11) is 0. The first-order valence-corrected chi connectivity index (χ1v) is 8.36. The number of rotatable bonds is 0. The minimum Gasteiger partial charge on any atom is -0.444 e. The van der Waals surface area contributed by atoms with Crippen LogP contribution in [0.25, 0.3) is 0 Å². The van der Waals surface area contributed by atoms with Gasteiger partial charge < -0.3 is 14.7 Å². The summed E-state index contributed by atoms with van der Waals surface area (Å²) in [6.45, 7) is 6.19. The number of nitrogens with zero attached hydrogens (tertiary/aromatic N) is 2. The molecule has 2 atom stereocenters. The fourth-order valence-corrected chi connectivity index (χ4v) is 3.54. The normalized spacial score (nSPS) is 26.5. The number of carbonyl (C=O) groups is 1. The number of aliphatic hydroxyl groups excluding tert-OH is 1. The lowest BCUT2D eigenvalue weighted by atomic mass is 9.98. The van der Waals surface area contributed by atoms with Crippen molar-refractivity contribution in [2.45, 2.75) is 51.1 Å². The Morgan fingerprint density at radius 3 is 2.83 bits per heavy atom. The number of pyridine rings is 1. The Labute approximate surface area is 145 Å². The minimum absolute atomic E-state index is 0.0865. The minimum atomic E-state index is -0.978. The van der Waals surface area contributed by atoms with Crippen molar-refractivity contribution >= 4 is 17.7 Å². The van der Waals surface area contributed by atoms with Crippen molar-refractivity contribution in [1.82, 2.24) is 14.8 Å². The summed E-state index contributed by atoms with van der Waals surface area (Å²) in [4.78, 5) is 26.5. The Kier molecular flexibility index (Phi) is 4.14. The molecule has 2 aliphatic rings. The summed E-state index contributed by atoms with van der Waals surface area (Å²) in [5.41, 5.74) is -1.38. The van der Waals surface area contributed by atoms with Crippen LogP contribution in [0.1, 0.15) is 45.5 Å². The van der Waals surface area contributed by atoms with Crippen LogP contribution in [0.2, 0.25) is 5.02 Å². The monoisotopic (exact) mass is 355 g/mol. The van der Waals surface area contributed by atoms with Gasteiger partial charge in [-0.25, -0.2) is 4.79 Å². The predicted octanol–water partition coefficient (Wildman–Crippen LogP) is 1.78. The first-order chi connectivity index (χ1) is 11.1. The van der Waals surface area contributed by atoms with E-state index < -0.39 is 23.6 Å². The molecule has 2 aliphatic heterocycles. The third-order valence-electron chi connectivity index (χ3n) is 4.30. The molecule has 0 aliphatic carbocycles. The Bertz CT molecular complexity index is 727. The number of nitrogens with one attached hydrogen (secondary N) is 1. The highest BCUT2D eigenvalue weighted by Gasteiger charge is 2.47. The topological polar surface area (TPSA) is 83.8 Å². The van der Waals surface area contributed by atoms with Crippen LogP contribution in [-0.2, 0) is 10.4 Å². The average molecular weight is 356 g/mol. The molecule has 24 heavy (non-hydrogen) atoms. The highest BCUT2D eigenvalue weighted by Crippen LogP contribution is 2.35. The number of fused-ring (bicyclic) bond motifs is 2. The van der Waals surface area contributed by atoms with Gasteiger partial charge >= 0.3 is 6.09 Å². The number of ether oxygens (including phenoxy) is 1. The van der Waals surface area contributed by atoms with Gasteiger partial charge in [0.2, 0.25) is 0 Å². The standard InChI is InChI=1S/C16H22ClN3O4/c1-15(2,3)24-14(23)19-8-4-7-16(9-19)18-12(21)11-6-5-10(17)13(22)20(11)16/h5-6,12,18,21H,4,7-9H2,1-3H3. The van der Waals surface area contributed by atoms with Gasteiger partial charge in [0.25, 0.3) is 5.56 Å². The van der Waals surface area contributed by atoms with Gasteiger partial charge in [-0.05, 0) is 45.7 Å². The third-order valence-corrected chi connectivity index (χ3v) is 4.59. The zero-order valence-electron chi connectivity index (χ0n) is 14.0. The van der Waals surface area contributed by atoms with Gasteiger partial charge in [0.05, 0.1) is 12.2 Å². The van der Waals surface area contributed by atoms with Gasteiger partial charge in [-0.3, -0.25) is 14.7 Å². The smallest absolute Gasteiger partial charge is 0.410 e. The molecule has 7 nitrogen and oxygen atoms in total. The molecule has 1 fully saturated rings. The van der Waals surface area contributed by atoms with Gasteiger partial charge in [0.15, 0.2) is 0 Å². The van der Waals surface area contributed by atoms with E-state index in [0.717, 1.165) is 0 Å². The summed E-state index contributed by atoms with van der Waals surface area (Å²) >= 11 is 5.98. The fourth-order valence-electron chi connectivity index (χ4n) is 3.40. The van der Waals surface area contributed by atoms with Crippen molar-refractivity contribution in [2.24, 2.45) is 0 Å². The van der Waals surface area contributed by atoms with E-state index in [1.165, 1.54) is 10.6 Å². The summed E-state index contributed by atoms with van der Waals surface area (Å²) in [6, 6.07) is 3.11. The number of carbonyl (C=O) groups excluding carboxylic acids is 1. The Morgan fingerprint density at radius 2 is 2.17 bits per heavy atom. The molecule has 0 radical (unpaired) electrons. The lowest BCUT2D eigenvalue weighted by Crippen LogP contribution is -2.59. The van der Waals surface area contributed by atoms with Crippen LogP contribution in [-0.4, -0.2) is 39.4 Å². The van der Waals surface area contributed by atoms with Crippen molar-refractivity contribution in [2.75, 3.05) is 13.1 Å². The Balaban J connectivity index is 1.95. The van der Waals surface area contributed by atoms with E-state index in [1.807, 2.05) is 20.8 Å². The number of halogens is 1. The zero-order chi connectivity index (χ0) is 17.7. The van der Waals surface area contributed by atoms with Gasteiger partial charge in [0, 0.05) is 6.54 Å². The van der Waals surface area contributed by atoms with Gasteiger partial charge in [-0.1, -0.05) is 11.6 Å². The molecule has 0 saturated carbocycles. The van der Waals surface area contributed by atoms with Crippen molar-refractivity contribution < 1.29 is 14.6 Å². The third kappa shape index (κ3) is 2.92. The summed E-state index contributed by atoms with van der Waals surface area (Å²) in [6.07, 6.45) is -0.122. The number of amides is 1. The van der Waals surface area contributed by atoms with Crippen LogP contribution in [0.5, 0.6) is 0 Å². The molecule has 3 heterocycles. The fraction of sp³-hybridized carbons (Fsp3) is 0.625. The summed E-state index contributed by atoms with van der Waals surface area (Å²) < 4.78 is 6.91. The number of aromatic nitrogens is 1. The number of hydrogen-bond donors (Lipinski definition) is 2. The van der Waals surface area contributed by atoms with Crippen molar-refractivity contribution in [3.63, 3.8) is 0 Å². The first-order valence-electron chi connectivity index (χ1n) is 7.99. The highest BCUT2D eigenvalue weighted by molar-refractivity contribution is 6.30. The van der Waals surface area contributed by atoms with E-state index >= 15 is 0 Å². The quantitative estimate of drug-likeness (QED) is 0.741. The highest BCUT2D eigenvalue weighted by atomic mass is 35.5. The molecule has 8 heteroatoms. The molecule has 1 spiro atoms. The van der Waals surface area contributed by atoms with E-state index in [1.54, 1.807) is 11.0 Å². The predicted molar refractivity (Wildman–Crippen MR) is 88.8 cm³/mol. The zero-order valence-corrected chi connectivity index (χ0v) is 14.8. The Morgan fingerprint density at radius 1 is 1.46 bits per heavy atom. The van der Waals surface area contributed by atoms with E-state index in [-0.39, 0.29) is 17.1 Å². The van der Waals surface area contributed by atoms with Crippen LogP contribution >= 0.6 is 11.6 Å². The van der Waals surface area contributed by atoms with Crippen molar-refractivity contribution in [1.29, 1.82) is 0 Å². The van der Waals surface area contributed by atoms with Crippen LogP contribution < -0.4 is 10.9 Å². The maximum absolute atomic E-state index is 12.5. The average Bonchev–Trinajstić information content (AvgIpc) is 2.73. The first kappa shape index (κ1) is 17.3. The summed E-state index contributed by atoms with van der Waals surface area (Å²) in [5, 5.41) is 13.4. The maximum Gasteiger partial charge on any atom is 0.410 e. The molecule has 0 aromatic carbocycles. The van der Waals surface area contributed by atoms with Gasteiger partial charge in [-0.2, -0.15) is 0 Å². The van der Waals surface area contributed by atoms with Crippen molar-refractivity contribution in [3.05, 3.63) is 33.2 Å². The number of hydrogen-bond acceptors (Lipinski definition) is 5. The molecule has 1 saturated heterocycles. The van der Waals surface area contributed by atoms with E-state index in [9.17, 15) is 14.7 Å². The molecule has 1 amide bonds. The van der Waals surface area contributed by atoms with Crippen LogP contribution in [0, 0.1) is 0 Å².